The Kier molecular flexibility index (Phi) is 3.55. The van der Waals surface area contributed by atoms with Crippen LogP contribution in [0.3, 0.4) is 0 Å². The molecule has 0 aliphatic heterocycles. The van der Waals surface area contributed by atoms with Crippen LogP contribution < -0.4 is 11.1 Å². The molecule has 1 aromatic rings. The zero-order chi connectivity index (χ0) is 10.6. The third kappa shape index (κ3) is 3.11. The number of amides is 1. The minimum atomic E-state index is -0.952. The summed E-state index contributed by atoms with van der Waals surface area (Å²) in [5.74, 6) is -1.30. The first-order valence-electron chi connectivity index (χ1n) is 3.78. The van der Waals surface area contributed by atoms with Crippen molar-refractivity contribution in [2.24, 2.45) is 5.73 Å². The molecule has 0 unspecified atom stereocenters. The van der Waals surface area contributed by atoms with Gasteiger partial charge in [0.25, 0.3) is 0 Å². The van der Waals surface area contributed by atoms with Gasteiger partial charge in [-0.2, -0.15) is 0 Å². The molecule has 0 radical (unpaired) electrons. The van der Waals surface area contributed by atoms with Crippen LogP contribution in [0.25, 0.3) is 0 Å². The van der Waals surface area contributed by atoms with Crippen molar-refractivity contribution in [1.29, 1.82) is 0 Å². The first-order valence-corrected chi connectivity index (χ1v) is 4.66. The third-order valence-electron chi connectivity index (χ3n) is 1.32. The van der Waals surface area contributed by atoms with E-state index in [-0.39, 0.29) is 18.9 Å². The number of thiazole rings is 1. The first-order chi connectivity index (χ1) is 6.61. The van der Waals surface area contributed by atoms with Crippen molar-refractivity contribution in [3.63, 3.8) is 0 Å². The fourth-order valence-corrected chi connectivity index (χ4v) is 1.50. The summed E-state index contributed by atoms with van der Waals surface area (Å²) in [6.45, 7) is -0.117. The molecule has 14 heavy (non-hydrogen) atoms. The lowest BCUT2D eigenvalue weighted by Crippen LogP contribution is -2.21. The van der Waals surface area contributed by atoms with Crippen LogP contribution in [0, 0.1) is 0 Å². The van der Waals surface area contributed by atoms with Crippen LogP contribution >= 0.6 is 11.3 Å². The molecule has 0 bridgehead atoms. The Morgan fingerprint density at radius 2 is 2.36 bits per heavy atom. The number of carboxylic acids is 1. The second-order valence-corrected chi connectivity index (χ2v) is 3.32. The lowest BCUT2D eigenvalue weighted by Gasteiger charge is -1.95. The lowest BCUT2D eigenvalue weighted by molar-refractivity contribution is -0.136. The number of carboxylic acid groups (broad SMARTS) is 1. The van der Waals surface area contributed by atoms with E-state index in [1.807, 2.05) is 0 Å². The zero-order valence-electron chi connectivity index (χ0n) is 7.19. The summed E-state index contributed by atoms with van der Waals surface area (Å²) in [6.07, 6.45) is -0.144. The Labute approximate surface area is 83.8 Å². The molecule has 0 spiro atoms. The van der Waals surface area contributed by atoms with Crippen LogP contribution in [0.4, 0.5) is 5.13 Å². The Morgan fingerprint density at radius 1 is 1.64 bits per heavy atom. The van der Waals surface area contributed by atoms with Crippen molar-refractivity contribution >= 4 is 28.3 Å². The van der Waals surface area contributed by atoms with Crippen molar-refractivity contribution in [2.45, 2.75) is 6.42 Å². The molecule has 0 saturated carbocycles. The van der Waals surface area contributed by atoms with Gasteiger partial charge in [0.2, 0.25) is 5.91 Å². The second kappa shape index (κ2) is 4.68. The molecule has 4 N–H and O–H groups in total. The highest BCUT2D eigenvalue weighted by Crippen LogP contribution is 2.15. The topological polar surface area (TPSA) is 105 Å². The van der Waals surface area contributed by atoms with Gasteiger partial charge in [0.15, 0.2) is 5.13 Å². The number of aliphatic carboxylic acids is 1. The average molecular weight is 215 g/mol. The summed E-state index contributed by atoms with van der Waals surface area (Å²) in [5.41, 5.74) is 5.50. The Balaban J connectivity index is 2.59. The van der Waals surface area contributed by atoms with E-state index >= 15 is 0 Å². The summed E-state index contributed by atoms with van der Waals surface area (Å²) in [7, 11) is 0. The van der Waals surface area contributed by atoms with Crippen molar-refractivity contribution in [2.75, 3.05) is 11.9 Å². The molecule has 76 valence electrons. The van der Waals surface area contributed by atoms with E-state index in [9.17, 15) is 9.59 Å². The van der Waals surface area contributed by atoms with Gasteiger partial charge in [-0.15, -0.1) is 11.3 Å². The number of nitrogens with two attached hydrogens (primary N) is 1. The number of hydrogen-bond donors (Lipinski definition) is 3. The highest BCUT2D eigenvalue weighted by Gasteiger charge is 2.07. The summed E-state index contributed by atoms with van der Waals surface area (Å²) in [5, 5.41) is 12.9. The average Bonchev–Trinajstić information content (AvgIpc) is 2.51. The summed E-state index contributed by atoms with van der Waals surface area (Å²) in [4.78, 5) is 25.0. The third-order valence-corrected chi connectivity index (χ3v) is 2.12. The van der Waals surface area contributed by atoms with Gasteiger partial charge in [-0.1, -0.05) is 0 Å². The fraction of sp³-hybridized carbons (Fsp3) is 0.286. The fourth-order valence-electron chi connectivity index (χ4n) is 0.771. The predicted octanol–water partition coefficient (Wildman–Crippen LogP) is -0.333. The number of aromatic nitrogens is 1. The molecule has 1 rings (SSSR count). The Bertz CT molecular complexity index is 350. The smallest absolute Gasteiger partial charge is 0.309 e. The van der Waals surface area contributed by atoms with E-state index in [4.69, 9.17) is 10.8 Å². The van der Waals surface area contributed by atoms with Crippen molar-refractivity contribution in [3.05, 3.63) is 11.1 Å². The van der Waals surface area contributed by atoms with Gasteiger partial charge in [0.05, 0.1) is 18.7 Å². The van der Waals surface area contributed by atoms with Crippen LogP contribution in [0.1, 0.15) is 5.69 Å². The molecule has 1 aromatic heterocycles. The van der Waals surface area contributed by atoms with E-state index in [2.05, 4.69) is 10.3 Å². The summed E-state index contributed by atoms with van der Waals surface area (Å²) < 4.78 is 0. The first kappa shape index (κ1) is 10.6. The van der Waals surface area contributed by atoms with Gasteiger partial charge in [-0.05, 0) is 0 Å². The van der Waals surface area contributed by atoms with Crippen molar-refractivity contribution < 1.29 is 14.7 Å². The molecule has 0 atom stereocenters. The molecule has 0 saturated heterocycles. The molecule has 7 heteroatoms. The molecule has 0 aliphatic carbocycles. The van der Waals surface area contributed by atoms with Gasteiger partial charge < -0.3 is 16.2 Å². The monoisotopic (exact) mass is 215 g/mol. The molecule has 1 heterocycles. The zero-order valence-corrected chi connectivity index (χ0v) is 8.00. The van der Waals surface area contributed by atoms with E-state index in [0.29, 0.717) is 10.8 Å². The quantitative estimate of drug-likeness (QED) is 0.637. The number of carbonyl (C=O) groups excluding carboxylic acids is 1. The number of nitrogens with zero attached hydrogens (tertiary/aromatic N) is 1. The minimum absolute atomic E-state index is 0.117. The van der Waals surface area contributed by atoms with E-state index in [0.717, 1.165) is 0 Å². The maximum atomic E-state index is 10.8. The number of carbonyl (C=O) groups is 2. The van der Waals surface area contributed by atoms with Gasteiger partial charge in [0, 0.05) is 5.38 Å². The maximum absolute atomic E-state index is 10.8. The number of rotatable bonds is 4. The van der Waals surface area contributed by atoms with Crippen molar-refractivity contribution in [3.8, 4) is 0 Å². The number of hydrogen-bond acceptors (Lipinski definition) is 5. The molecule has 0 fully saturated rings. The molecule has 1 amide bonds. The molecular weight excluding hydrogens is 206 g/mol. The van der Waals surface area contributed by atoms with Crippen LogP contribution in [0.5, 0.6) is 0 Å². The molecular formula is C7H9N3O3S. The van der Waals surface area contributed by atoms with Gasteiger partial charge in [0.1, 0.15) is 0 Å². The van der Waals surface area contributed by atoms with Gasteiger partial charge in [-0.3, -0.25) is 9.59 Å². The Morgan fingerprint density at radius 3 is 2.93 bits per heavy atom. The maximum Gasteiger partial charge on any atom is 0.309 e. The standard InChI is InChI=1S/C7H9N3O3S/c8-2-5(11)10-7-9-4(3-14-7)1-6(12)13/h3H,1-2,8H2,(H,12,13)(H,9,10,11). The lowest BCUT2D eigenvalue weighted by atomic mass is 10.3. The molecule has 6 nitrogen and oxygen atoms in total. The minimum Gasteiger partial charge on any atom is -0.481 e. The number of anilines is 1. The second-order valence-electron chi connectivity index (χ2n) is 2.47. The normalized spacial score (nSPS) is 9.79. The Hall–Kier alpha value is -1.47. The summed E-state index contributed by atoms with van der Waals surface area (Å²) >= 11 is 1.17. The van der Waals surface area contributed by atoms with Gasteiger partial charge in [-0.25, -0.2) is 4.98 Å². The summed E-state index contributed by atoms with van der Waals surface area (Å²) in [6, 6.07) is 0. The largest absolute Gasteiger partial charge is 0.481 e. The SMILES string of the molecule is NCC(=O)Nc1nc(CC(=O)O)cs1. The van der Waals surface area contributed by atoms with E-state index < -0.39 is 5.97 Å². The van der Waals surface area contributed by atoms with Gasteiger partial charge >= 0.3 is 5.97 Å². The predicted molar refractivity (Wildman–Crippen MR) is 51.1 cm³/mol. The van der Waals surface area contributed by atoms with Crippen LogP contribution in [0.2, 0.25) is 0 Å². The van der Waals surface area contributed by atoms with E-state index in [1.165, 1.54) is 11.3 Å². The highest BCUT2D eigenvalue weighted by molar-refractivity contribution is 7.13. The molecule has 0 aliphatic rings. The molecule has 0 aromatic carbocycles. The van der Waals surface area contributed by atoms with Crippen LogP contribution in [-0.2, 0) is 16.0 Å². The highest BCUT2D eigenvalue weighted by atomic mass is 32.1. The number of nitrogens with one attached hydrogen (secondary N) is 1. The van der Waals surface area contributed by atoms with Crippen LogP contribution in [0.15, 0.2) is 5.38 Å². The van der Waals surface area contributed by atoms with Crippen molar-refractivity contribution in [1.82, 2.24) is 4.98 Å². The van der Waals surface area contributed by atoms with E-state index in [1.54, 1.807) is 5.38 Å². The van der Waals surface area contributed by atoms with Crippen LogP contribution in [-0.4, -0.2) is 28.5 Å².